The van der Waals surface area contributed by atoms with Crippen LogP contribution in [0.3, 0.4) is 0 Å². The number of hydrogen-bond donors (Lipinski definition) is 1. The summed E-state index contributed by atoms with van der Waals surface area (Å²) in [7, 11) is 1.58. The van der Waals surface area contributed by atoms with Crippen LogP contribution < -0.4 is 15.0 Å². The zero-order chi connectivity index (χ0) is 19.7. The summed E-state index contributed by atoms with van der Waals surface area (Å²) in [5.41, 5.74) is 4.34. The van der Waals surface area contributed by atoms with Gasteiger partial charge in [0.2, 0.25) is 5.91 Å². The lowest BCUT2D eigenvalue weighted by atomic mass is 10.1. The summed E-state index contributed by atoms with van der Waals surface area (Å²) in [6.07, 6.45) is 0.870. The van der Waals surface area contributed by atoms with E-state index in [1.54, 1.807) is 43.2 Å². The van der Waals surface area contributed by atoms with Crippen molar-refractivity contribution in [3.05, 3.63) is 59.0 Å². The number of aromatic nitrogens is 1. The number of methoxy groups -OCH3 is 1. The molecule has 1 aromatic heterocycles. The molecule has 7 heteroatoms. The van der Waals surface area contributed by atoms with Gasteiger partial charge in [-0.3, -0.25) is 14.9 Å². The molecule has 0 aliphatic carbocycles. The molecule has 2 heterocycles. The van der Waals surface area contributed by atoms with Gasteiger partial charge in [0.1, 0.15) is 5.75 Å². The third-order valence-corrected chi connectivity index (χ3v) is 5.49. The summed E-state index contributed by atoms with van der Waals surface area (Å²) in [5, 5.41) is 5.26. The third-order valence-electron chi connectivity index (χ3n) is 4.73. The van der Waals surface area contributed by atoms with Crippen LogP contribution in [0, 0.1) is 0 Å². The quantitative estimate of drug-likeness (QED) is 0.728. The predicted molar refractivity (Wildman–Crippen MR) is 110 cm³/mol. The van der Waals surface area contributed by atoms with Crippen LogP contribution in [0.1, 0.15) is 22.8 Å². The summed E-state index contributed by atoms with van der Waals surface area (Å²) in [4.78, 5) is 30.5. The van der Waals surface area contributed by atoms with Crippen LogP contribution in [-0.2, 0) is 11.2 Å². The number of nitrogens with zero attached hydrogens (tertiary/aromatic N) is 2. The zero-order valence-corrected chi connectivity index (χ0v) is 16.4. The van der Waals surface area contributed by atoms with E-state index in [-0.39, 0.29) is 11.8 Å². The van der Waals surface area contributed by atoms with Gasteiger partial charge in [0.15, 0.2) is 5.13 Å². The van der Waals surface area contributed by atoms with Crippen molar-refractivity contribution in [1.29, 1.82) is 0 Å². The highest BCUT2D eigenvalue weighted by atomic mass is 32.1. The number of rotatable bonds is 4. The maximum Gasteiger partial charge on any atom is 0.257 e. The average molecular weight is 393 g/mol. The fourth-order valence-corrected chi connectivity index (χ4v) is 3.96. The minimum atomic E-state index is -0.222. The van der Waals surface area contributed by atoms with Crippen LogP contribution >= 0.6 is 11.3 Å². The molecule has 1 N–H and O–H groups in total. The number of hydrogen-bond acceptors (Lipinski definition) is 5. The molecule has 0 radical (unpaired) electrons. The first kappa shape index (κ1) is 18.2. The van der Waals surface area contributed by atoms with Crippen molar-refractivity contribution in [3.8, 4) is 17.0 Å². The molecule has 0 saturated heterocycles. The van der Waals surface area contributed by atoms with Gasteiger partial charge < -0.3 is 9.64 Å². The summed E-state index contributed by atoms with van der Waals surface area (Å²) in [6.45, 7) is 2.30. The Morgan fingerprint density at radius 2 is 1.96 bits per heavy atom. The van der Waals surface area contributed by atoms with E-state index in [4.69, 9.17) is 4.74 Å². The van der Waals surface area contributed by atoms with Gasteiger partial charge in [0.25, 0.3) is 5.91 Å². The molecule has 2 amide bonds. The number of fused-ring (bicyclic) bond motifs is 1. The summed E-state index contributed by atoms with van der Waals surface area (Å²) in [6, 6.07) is 12.9. The van der Waals surface area contributed by atoms with Crippen LogP contribution in [-0.4, -0.2) is 30.5 Å². The smallest absolute Gasteiger partial charge is 0.257 e. The molecule has 4 rings (SSSR count). The predicted octanol–water partition coefficient (Wildman–Crippen LogP) is 3.98. The van der Waals surface area contributed by atoms with Gasteiger partial charge in [0, 0.05) is 35.7 Å². The lowest BCUT2D eigenvalue weighted by Gasteiger charge is -2.15. The third kappa shape index (κ3) is 3.48. The molecule has 1 aliphatic heterocycles. The average Bonchev–Trinajstić information content (AvgIpc) is 3.34. The molecule has 142 valence electrons. The molecule has 0 atom stereocenters. The number of benzene rings is 2. The summed E-state index contributed by atoms with van der Waals surface area (Å²) < 4.78 is 5.11. The monoisotopic (exact) mass is 393 g/mol. The molecule has 28 heavy (non-hydrogen) atoms. The normalized spacial score (nSPS) is 12.6. The lowest BCUT2D eigenvalue weighted by Crippen LogP contribution is -2.25. The highest BCUT2D eigenvalue weighted by molar-refractivity contribution is 7.14. The summed E-state index contributed by atoms with van der Waals surface area (Å²) >= 11 is 1.37. The van der Waals surface area contributed by atoms with Crippen molar-refractivity contribution < 1.29 is 14.3 Å². The van der Waals surface area contributed by atoms with E-state index in [0.29, 0.717) is 23.0 Å². The van der Waals surface area contributed by atoms with Gasteiger partial charge in [-0.05, 0) is 42.3 Å². The molecule has 0 spiro atoms. The molecule has 2 aromatic carbocycles. The molecule has 3 aromatic rings. The lowest BCUT2D eigenvalue weighted by molar-refractivity contribution is -0.116. The number of ether oxygens (including phenoxy) is 1. The largest absolute Gasteiger partial charge is 0.497 e. The number of carbonyl (C=O) groups is 2. The fraction of sp³-hybridized carbons (Fsp3) is 0.190. The van der Waals surface area contributed by atoms with E-state index >= 15 is 0 Å². The van der Waals surface area contributed by atoms with Crippen molar-refractivity contribution in [3.63, 3.8) is 0 Å². The maximum absolute atomic E-state index is 12.4. The first-order valence-corrected chi connectivity index (χ1v) is 9.75. The second kappa shape index (κ2) is 7.44. The van der Waals surface area contributed by atoms with Crippen molar-refractivity contribution in [2.24, 2.45) is 0 Å². The Balaban J connectivity index is 1.52. The number of thiazole rings is 1. The maximum atomic E-state index is 12.4. The molecule has 0 bridgehead atoms. The van der Waals surface area contributed by atoms with Gasteiger partial charge in [-0.1, -0.05) is 12.1 Å². The van der Waals surface area contributed by atoms with Crippen LogP contribution in [0.25, 0.3) is 11.3 Å². The van der Waals surface area contributed by atoms with Crippen LogP contribution in [0.2, 0.25) is 0 Å². The van der Waals surface area contributed by atoms with Gasteiger partial charge in [-0.25, -0.2) is 4.98 Å². The van der Waals surface area contributed by atoms with Crippen LogP contribution in [0.5, 0.6) is 5.75 Å². The number of amides is 2. The van der Waals surface area contributed by atoms with E-state index < -0.39 is 0 Å². The van der Waals surface area contributed by atoms with Crippen LogP contribution in [0.15, 0.2) is 47.8 Å². The Bertz CT molecular complexity index is 1040. The van der Waals surface area contributed by atoms with Crippen molar-refractivity contribution in [2.75, 3.05) is 23.9 Å². The van der Waals surface area contributed by atoms with Gasteiger partial charge >= 0.3 is 0 Å². The number of anilines is 2. The molecular weight excluding hydrogens is 374 g/mol. The standard InChI is InChI=1S/C21H19N3O3S/c1-13(25)24-10-9-14-3-4-16(11-19(14)24)18-12-28-21(22-18)23-20(26)15-5-7-17(27-2)8-6-15/h3-8,11-12H,9-10H2,1-2H3,(H,22,23,26). The minimum Gasteiger partial charge on any atom is -0.497 e. The van der Waals surface area contributed by atoms with Gasteiger partial charge in [0.05, 0.1) is 12.8 Å². The van der Waals surface area contributed by atoms with Crippen LogP contribution in [0.4, 0.5) is 10.8 Å². The number of nitrogens with one attached hydrogen (secondary N) is 1. The Morgan fingerprint density at radius 1 is 1.18 bits per heavy atom. The number of carbonyl (C=O) groups excluding carboxylic acids is 2. The van der Waals surface area contributed by atoms with Crippen molar-refractivity contribution in [2.45, 2.75) is 13.3 Å². The molecule has 0 unspecified atom stereocenters. The molecule has 0 fully saturated rings. The fourth-order valence-electron chi connectivity index (χ4n) is 3.24. The highest BCUT2D eigenvalue weighted by Gasteiger charge is 2.23. The minimum absolute atomic E-state index is 0.0432. The second-order valence-electron chi connectivity index (χ2n) is 6.48. The SMILES string of the molecule is COc1ccc(C(=O)Nc2nc(-c3ccc4c(c3)N(C(C)=O)CC4)cs2)cc1. The Labute approximate surface area is 166 Å². The van der Waals surface area contributed by atoms with E-state index in [0.717, 1.165) is 23.4 Å². The first-order chi connectivity index (χ1) is 13.5. The molecule has 1 aliphatic rings. The Kier molecular flexibility index (Phi) is 4.83. The molecule has 6 nitrogen and oxygen atoms in total. The summed E-state index contributed by atoms with van der Waals surface area (Å²) in [5.74, 6) is 0.520. The highest BCUT2D eigenvalue weighted by Crippen LogP contribution is 2.34. The van der Waals surface area contributed by atoms with Gasteiger partial charge in [-0.2, -0.15) is 0 Å². The molecule has 0 saturated carbocycles. The molecular formula is C21H19N3O3S. The van der Waals surface area contributed by atoms with Crippen molar-refractivity contribution in [1.82, 2.24) is 4.98 Å². The Hall–Kier alpha value is -3.19. The van der Waals surface area contributed by atoms with E-state index in [1.807, 2.05) is 23.6 Å². The topological polar surface area (TPSA) is 71.5 Å². The first-order valence-electron chi connectivity index (χ1n) is 8.87. The van der Waals surface area contributed by atoms with Crippen molar-refractivity contribution >= 4 is 34.0 Å². The van der Waals surface area contributed by atoms with E-state index in [2.05, 4.69) is 10.3 Å². The Morgan fingerprint density at radius 3 is 2.68 bits per heavy atom. The zero-order valence-electron chi connectivity index (χ0n) is 15.6. The van der Waals surface area contributed by atoms with E-state index in [1.165, 1.54) is 16.9 Å². The van der Waals surface area contributed by atoms with Gasteiger partial charge in [-0.15, -0.1) is 11.3 Å². The van der Waals surface area contributed by atoms with E-state index in [9.17, 15) is 9.59 Å². The second-order valence-corrected chi connectivity index (χ2v) is 7.34.